The van der Waals surface area contributed by atoms with Crippen molar-refractivity contribution < 1.29 is 13.2 Å². The monoisotopic (exact) mass is 411 g/mol. The summed E-state index contributed by atoms with van der Waals surface area (Å²) >= 11 is 3.26. The molecule has 0 aliphatic carbocycles. The summed E-state index contributed by atoms with van der Waals surface area (Å²) in [7, 11) is 0. The Hall–Kier alpha value is -2.42. The van der Waals surface area contributed by atoms with Crippen LogP contribution in [0, 0.1) is 13.8 Å². The van der Waals surface area contributed by atoms with E-state index in [1.54, 1.807) is 0 Å². The molecule has 0 amide bonds. The van der Waals surface area contributed by atoms with Crippen LogP contribution in [0.4, 0.5) is 24.8 Å². The van der Waals surface area contributed by atoms with Gasteiger partial charge in [-0.1, -0.05) is 12.1 Å². The van der Waals surface area contributed by atoms with Gasteiger partial charge in [-0.05, 0) is 53.5 Å². The Bertz CT molecular complexity index is 920. The molecule has 1 aromatic carbocycles. The fourth-order valence-corrected chi connectivity index (χ4v) is 2.61. The number of anilines is 2. The summed E-state index contributed by atoms with van der Waals surface area (Å²) in [6.45, 7) is 3.48. The van der Waals surface area contributed by atoms with E-state index in [0.717, 1.165) is 22.0 Å². The fraction of sp³-hybridized carbons (Fsp3) is 0.188. The van der Waals surface area contributed by atoms with Gasteiger partial charge in [0.1, 0.15) is 0 Å². The molecule has 0 unspecified atom stereocenters. The third kappa shape index (κ3) is 3.81. The number of nitrogens with one attached hydrogen (secondary N) is 1. The van der Waals surface area contributed by atoms with Gasteiger partial charge in [0.15, 0.2) is 11.5 Å². The number of hydrogen-bond acceptors (Lipinski definition) is 4. The molecule has 25 heavy (non-hydrogen) atoms. The van der Waals surface area contributed by atoms with Crippen molar-refractivity contribution in [3.05, 3.63) is 58.0 Å². The van der Waals surface area contributed by atoms with Gasteiger partial charge in [-0.25, -0.2) is 9.67 Å². The molecule has 130 valence electrons. The van der Waals surface area contributed by atoms with Gasteiger partial charge < -0.3 is 5.32 Å². The predicted molar refractivity (Wildman–Crippen MR) is 91.1 cm³/mol. The molecule has 0 aliphatic rings. The lowest BCUT2D eigenvalue weighted by Gasteiger charge is -2.10. The summed E-state index contributed by atoms with van der Waals surface area (Å²) < 4.78 is 40.2. The van der Waals surface area contributed by atoms with Crippen molar-refractivity contribution >= 4 is 27.6 Å². The van der Waals surface area contributed by atoms with Crippen LogP contribution in [0.25, 0.3) is 5.82 Å². The number of halogens is 4. The normalized spacial score (nSPS) is 11.6. The zero-order valence-electron chi connectivity index (χ0n) is 13.3. The maximum Gasteiger partial charge on any atom is 0.435 e. The van der Waals surface area contributed by atoms with Crippen LogP contribution in [0.1, 0.15) is 17.0 Å². The third-order valence-corrected chi connectivity index (χ3v) is 3.94. The maximum atomic E-state index is 12.9. The van der Waals surface area contributed by atoms with E-state index >= 15 is 0 Å². The molecule has 9 heteroatoms. The first-order chi connectivity index (χ1) is 11.7. The first-order valence-electron chi connectivity index (χ1n) is 7.24. The van der Waals surface area contributed by atoms with Crippen molar-refractivity contribution in [2.24, 2.45) is 0 Å². The highest BCUT2D eigenvalue weighted by Gasteiger charge is 2.34. The van der Waals surface area contributed by atoms with Crippen LogP contribution < -0.4 is 5.32 Å². The standard InChI is InChI=1S/C16H13BrF3N5/c1-9-4-3-5-11(6-9)22-15-21-8-12(17)14(23-15)25-10(2)7-13(24-25)16(18,19)20/h3-8H,1-2H3,(H,21,22,23). The molecule has 0 spiro atoms. The molecule has 3 rings (SSSR count). The molecule has 0 bridgehead atoms. The molecule has 2 aromatic heterocycles. The third-order valence-electron chi connectivity index (χ3n) is 3.38. The van der Waals surface area contributed by atoms with Crippen molar-refractivity contribution in [2.45, 2.75) is 20.0 Å². The lowest BCUT2D eigenvalue weighted by atomic mass is 10.2. The van der Waals surface area contributed by atoms with Crippen LogP contribution in [0.2, 0.25) is 0 Å². The lowest BCUT2D eigenvalue weighted by Crippen LogP contribution is -2.10. The summed E-state index contributed by atoms with van der Waals surface area (Å²) in [6.07, 6.45) is -3.05. The number of aryl methyl sites for hydroxylation is 2. The van der Waals surface area contributed by atoms with Crippen molar-refractivity contribution in [1.29, 1.82) is 0 Å². The lowest BCUT2D eigenvalue weighted by molar-refractivity contribution is -0.141. The molecule has 5 nitrogen and oxygen atoms in total. The Labute approximate surface area is 150 Å². The minimum absolute atomic E-state index is 0.221. The molecule has 0 saturated carbocycles. The first kappa shape index (κ1) is 17.4. The Morgan fingerprint density at radius 1 is 1.16 bits per heavy atom. The van der Waals surface area contributed by atoms with Crippen LogP contribution in [0.3, 0.4) is 0 Å². The van der Waals surface area contributed by atoms with Gasteiger partial charge in [-0.15, -0.1) is 0 Å². The SMILES string of the molecule is Cc1cccc(Nc2ncc(Br)c(-n3nc(C(F)(F)F)cc3C)n2)c1. The Kier molecular flexibility index (Phi) is 4.51. The zero-order valence-corrected chi connectivity index (χ0v) is 14.9. The zero-order chi connectivity index (χ0) is 18.2. The first-order valence-corrected chi connectivity index (χ1v) is 8.04. The molecule has 3 aromatic rings. The molecule has 0 fully saturated rings. The summed E-state index contributed by atoms with van der Waals surface area (Å²) in [5.41, 5.74) is 1.18. The largest absolute Gasteiger partial charge is 0.435 e. The molecule has 2 heterocycles. The second-order valence-corrected chi connectivity index (χ2v) is 6.29. The molecular formula is C16H13BrF3N5. The average molecular weight is 412 g/mol. The van der Waals surface area contributed by atoms with E-state index in [1.807, 2.05) is 31.2 Å². The molecule has 0 saturated heterocycles. The van der Waals surface area contributed by atoms with Gasteiger partial charge in [0.05, 0.1) is 4.47 Å². The molecular weight excluding hydrogens is 399 g/mol. The van der Waals surface area contributed by atoms with Crippen LogP contribution in [0.15, 0.2) is 41.0 Å². The summed E-state index contributed by atoms with van der Waals surface area (Å²) in [5.74, 6) is 0.477. The highest BCUT2D eigenvalue weighted by Crippen LogP contribution is 2.30. The molecule has 0 radical (unpaired) electrons. The topological polar surface area (TPSA) is 55.6 Å². The van der Waals surface area contributed by atoms with E-state index in [4.69, 9.17) is 0 Å². The summed E-state index contributed by atoms with van der Waals surface area (Å²) in [6, 6.07) is 8.56. The van der Waals surface area contributed by atoms with Gasteiger partial charge in [0, 0.05) is 17.6 Å². The van der Waals surface area contributed by atoms with E-state index in [1.165, 1.54) is 13.1 Å². The van der Waals surface area contributed by atoms with E-state index in [0.29, 0.717) is 10.2 Å². The maximum absolute atomic E-state index is 12.9. The minimum Gasteiger partial charge on any atom is -0.324 e. The van der Waals surface area contributed by atoms with Crippen molar-refractivity contribution in [2.75, 3.05) is 5.32 Å². The molecule has 1 N–H and O–H groups in total. The van der Waals surface area contributed by atoms with Crippen molar-refractivity contribution in [3.8, 4) is 5.82 Å². The quantitative estimate of drug-likeness (QED) is 0.672. The number of rotatable bonds is 3. The van der Waals surface area contributed by atoms with E-state index < -0.39 is 11.9 Å². The van der Waals surface area contributed by atoms with E-state index in [-0.39, 0.29) is 11.8 Å². The Morgan fingerprint density at radius 2 is 1.92 bits per heavy atom. The van der Waals surface area contributed by atoms with Crippen molar-refractivity contribution in [3.63, 3.8) is 0 Å². The second-order valence-electron chi connectivity index (χ2n) is 5.44. The van der Waals surface area contributed by atoms with Gasteiger partial charge in [-0.2, -0.15) is 23.3 Å². The van der Waals surface area contributed by atoms with Gasteiger partial charge in [0.25, 0.3) is 0 Å². The Morgan fingerprint density at radius 3 is 2.56 bits per heavy atom. The number of alkyl halides is 3. The molecule has 0 atom stereocenters. The summed E-state index contributed by atoms with van der Waals surface area (Å²) in [4.78, 5) is 8.43. The second kappa shape index (κ2) is 6.47. The summed E-state index contributed by atoms with van der Waals surface area (Å²) in [5, 5.41) is 6.65. The van der Waals surface area contributed by atoms with E-state index in [9.17, 15) is 13.2 Å². The minimum atomic E-state index is -4.52. The number of aromatic nitrogens is 4. The smallest absolute Gasteiger partial charge is 0.324 e. The number of benzene rings is 1. The van der Waals surface area contributed by atoms with Crippen LogP contribution in [-0.2, 0) is 6.18 Å². The average Bonchev–Trinajstić information content (AvgIpc) is 2.91. The fourth-order valence-electron chi connectivity index (χ4n) is 2.25. The number of hydrogen-bond donors (Lipinski definition) is 1. The Balaban J connectivity index is 1.99. The van der Waals surface area contributed by atoms with Crippen LogP contribution in [0.5, 0.6) is 0 Å². The van der Waals surface area contributed by atoms with Crippen molar-refractivity contribution in [1.82, 2.24) is 19.7 Å². The number of nitrogens with zero attached hydrogens (tertiary/aromatic N) is 4. The van der Waals surface area contributed by atoms with Gasteiger partial charge in [0.2, 0.25) is 5.95 Å². The highest BCUT2D eigenvalue weighted by atomic mass is 79.9. The van der Waals surface area contributed by atoms with Gasteiger partial charge in [-0.3, -0.25) is 0 Å². The van der Waals surface area contributed by atoms with Crippen LogP contribution in [-0.4, -0.2) is 19.7 Å². The predicted octanol–water partition coefficient (Wildman–Crippen LogP) is 4.80. The van der Waals surface area contributed by atoms with Crippen LogP contribution >= 0.6 is 15.9 Å². The highest BCUT2D eigenvalue weighted by molar-refractivity contribution is 9.10. The molecule has 0 aliphatic heterocycles. The van der Waals surface area contributed by atoms with Gasteiger partial charge >= 0.3 is 6.18 Å². The van der Waals surface area contributed by atoms with E-state index in [2.05, 4.69) is 36.3 Å².